The SMILES string of the molecule is c1ccc(C2(C3(c4ccccc4)c4cccnc4-c4c3cc(-n3c5ccccc5c5ccccc53)c3ccccc43)c3cccnc3-c3c2cc(-n2c4ccccc4c4ccccc42)c2ccccc32)cc1. The van der Waals surface area contributed by atoms with E-state index in [2.05, 4.69) is 252 Å². The molecular formula is C68H42N4. The maximum Gasteiger partial charge on any atom is 0.0756 e. The maximum atomic E-state index is 5.52. The van der Waals surface area contributed by atoms with Crippen molar-refractivity contribution in [2.75, 3.05) is 0 Å². The fourth-order valence-corrected chi connectivity index (χ4v) is 13.9. The summed E-state index contributed by atoms with van der Waals surface area (Å²) in [6.07, 6.45) is 3.97. The molecule has 2 aliphatic rings. The molecule has 0 fully saturated rings. The first-order valence-electron chi connectivity index (χ1n) is 24.9. The second-order valence-electron chi connectivity index (χ2n) is 19.5. The molecule has 2 aliphatic carbocycles. The summed E-state index contributed by atoms with van der Waals surface area (Å²) in [4.78, 5) is 11.0. The molecule has 16 rings (SSSR count). The normalized spacial score (nSPS) is 16.7. The van der Waals surface area contributed by atoms with Crippen molar-refractivity contribution in [3.63, 3.8) is 0 Å². The molecule has 0 saturated carbocycles. The molecule has 10 aromatic carbocycles. The van der Waals surface area contributed by atoms with Crippen molar-refractivity contribution >= 4 is 65.2 Å². The highest BCUT2D eigenvalue weighted by Gasteiger charge is 2.65. The summed E-state index contributed by atoms with van der Waals surface area (Å²) in [5.41, 5.74) is 16.5. The lowest BCUT2D eigenvalue weighted by atomic mass is 9.49. The van der Waals surface area contributed by atoms with Crippen LogP contribution in [0.15, 0.2) is 255 Å². The molecule has 0 spiro atoms. The zero-order valence-corrected chi connectivity index (χ0v) is 39.0. The second kappa shape index (κ2) is 14.6. The van der Waals surface area contributed by atoms with E-state index in [0.717, 1.165) is 45.0 Å². The average Bonchev–Trinajstić information content (AvgIpc) is 4.16. The van der Waals surface area contributed by atoms with Crippen LogP contribution in [0.3, 0.4) is 0 Å². The average molecular weight is 915 g/mol. The van der Waals surface area contributed by atoms with Gasteiger partial charge in [-0.2, -0.15) is 0 Å². The number of fused-ring (bicyclic) bond motifs is 16. The second-order valence-corrected chi connectivity index (χ2v) is 19.5. The first-order valence-corrected chi connectivity index (χ1v) is 24.9. The third-order valence-electron chi connectivity index (χ3n) is 16.4. The van der Waals surface area contributed by atoms with E-state index in [4.69, 9.17) is 9.97 Å². The number of hydrogen-bond donors (Lipinski definition) is 0. The number of benzene rings is 10. The Bertz CT molecular complexity index is 4180. The van der Waals surface area contributed by atoms with E-state index in [-0.39, 0.29) is 0 Å². The van der Waals surface area contributed by atoms with E-state index >= 15 is 0 Å². The molecule has 0 N–H and O–H groups in total. The van der Waals surface area contributed by atoms with E-state index in [1.54, 1.807) is 0 Å². The van der Waals surface area contributed by atoms with Gasteiger partial charge in [-0.1, -0.05) is 194 Å². The van der Waals surface area contributed by atoms with E-state index < -0.39 is 10.8 Å². The van der Waals surface area contributed by atoms with E-state index in [1.165, 1.54) is 87.4 Å². The molecule has 0 saturated heterocycles. The van der Waals surface area contributed by atoms with Gasteiger partial charge in [0, 0.05) is 55.8 Å². The summed E-state index contributed by atoms with van der Waals surface area (Å²) in [5.74, 6) is 0. The highest BCUT2D eigenvalue weighted by atomic mass is 15.0. The van der Waals surface area contributed by atoms with Gasteiger partial charge in [-0.3, -0.25) is 9.97 Å². The number of rotatable bonds is 5. The summed E-state index contributed by atoms with van der Waals surface area (Å²) in [6.45, 7) is 0. The molecule has 4 nitrogen and oxygen atoms in total. The lowest BCUT2D eigenvalue weighted by molar-refractivity contribution is 0.436. The quantitative estimate of drug-likeness (QED) is 0.172. The Morgan fingerprint density at radius 1 is 0.264 bits per heavy atom. The van der Waals surface area contributed by atoms with Gasteiger partial charge in [0.25, 0.3) is 0 Å². The van der Waals surface area contributed by atoms with Gasteiger partial charge < -0.3 is 9.13 Å². The minimum absolute atomic E-state index is 0.935. The molecule has 72 heavy (non-hydrogen) atoms. The Morgan fingerprint density at radius 2 is 0.569 bits per heavy atom. The Labute approximate surface area is 415 Å². The Kier molecular flexibility index (Phi) is 7.99. The highest BCUT2D eigenvalue weighted by molar-refractivity contribution is 6.15. The van der Waals surface area contributed by atoms with Crippen LogP contribution >= 0.6 is 0 Å². The molecule has 0 aliphatic heterocycles. The molecule has 0 bridgehead atoms. The van der Waals surface area contributed by atoms with Gasteiger partial charge in [0.1, 0.15) is 0 Å². The number of para-hydroxylation sites is 4. The lowest BCUT2D eigenvalue weighted by Gasteiger charge is -2.50. The van der Waals surface area contributed by atoms with Crippen LogP contribution in [0.2, 0.25) is 0 Å². The third kappa shape index (κ3) is 4.81. The zero-order valence-electron chi connectivity index (χ0n) is 39.0. The number of nitrogens with zero attached hydrogens (tertiary/aromatic N) is 4. The highest BCUT2D eigenvalue weighted by Crippen LogP contribution is 2.71. The van der Waals surface area contributed by atoms with Gasteiger partial charge in [-0.25, -0.2) is 0 Å². The number of hydrogen-bond acceptors (Lipinski definition) is 2. The van der Waals surface area contributed by atoms with Crippen molar-refractivity contribution in [2.24, 2.45) is 0 Å². The molecule has 14 aromatic rings. The molecule has 4 heterocycles. The predicted molar refractivity (Wildman–Crippen MR) is 296 cm³/mol. The van der Waals surface area contributed by atoms with Crippen molar-refractivity contribution in [3.8, 4) is 33.9 Å². The predicted octanol–water partition coefficient (Wildman–Crippen LogP) is 16.3. The van der Waals surface area contributed by atoms with Crippen molar-refractivity contribution < 1.29 is 0 Å². The Morgan fingerprint density at radius 3 is 0.931 bits per heavy atom. The van der Waals surface area contributed by atoms with Crippen LogP contribution in [0.1, 0.15) is 33.4 Å². The Hall–Kier alpha value is -9.38. The van der Waals surface area contributed by atoms with Crippen LogP contribution in [0, 0.1) is 0 Å². The molecule has 4 heteroatoms. The zero-order chi connectivity index (χ0) is 47.1. The van der Waals surface area contributed by atoms with Crippen LogP contribution in [0.25, 0.3) is 99.0 Å². The fraction of sp³-hybridized carbons (Fsp3) is 0.0294. The van der Waals surface area contributed by atoms with Crippen LogP contribution in [0.4, 0.5) is 0 Å². The molecule has 2 atom stereocenters. The fourth-order valence-electron chi connectivity index (χ4n) is 13.9. The van der Waals surface area contributed by atoms with Crippen LogP contribution in [-0.2, 0) is 10.8 Å². The van der Waals surface area contributed by atoms with E-state index in [1.807, 2.05) is 12.4 Å². The van der Waals surface area contributed by atoms with Crippen LogP contribution < -0.4 is 0 Å². The van der Waals surface area contributed by atoms with E-state index in [0.29, 0.717) is 0 Å². The molecule has 2 unspecified atom stereocenters. The van der Waals surface area contributed by atoms with Crippen molar-refractivity contribution in [1.29, 1.82) is 0 Å². The van der Waals surface area contributed by atoms with Gasteiger partial charge in [-0.15, -0.1) is 0 Å². The van der Waals surface area contributed by atoms with Gasteiger partial charge >= 0.3 is 0 Å². The summed E-state index contributed by atoms with van der Waals surface area (Å²) < 4.78 is 5.03. The van der Waals surface area contributed by atoms with Gasteiger partial charge in [0.2, 0.25) is 0 Å². The summed E-state index contributed by atoms with van der Waals surface area (Å²) in [7, 11) is 0. The molecule has 334 valence electrons. The van der Waals surface area contributed by atoms with E-state index in [9.17, 15) is 0 Å². The van der Waals surface area contributed by atoms with Gasteiger partial charge in [0.15, 0.2) is 0 Å². The topological polar surface area (TPSA) is 35.6 Å². The van der Waals surface area contributed by atoms with Crippen LogP contribution in [-0.4, -0.2) is 19.1 Å². The third-order valence-corrected chi connectivity index (χ3v) is 16.4. The van der Waals surface area contributed by atoms with Crippen molar-refractivity contribution in [2.45, 2.75) is 10.8 Å². The molecular weight excluding hydrogens is 873 g/mol. The minimum atomic E-state index is -0.935. The van der Waals surface area contributed by atoms with Crippen molar-refractivity contribution in [3.05, 3.63) is 288 Å². The molecule has 0 amide bonds. The van der Waals surface area contributed by atoms with Gasteiger partial charge in [0.05, 0.1) is 55.7 Å². The maximum absolute atomic E-state index is 5.52. The lowest BCUT2D eigenvalue weighted by Crippen LogP contribution is -2.50. The molecule has 4 aromatic heterocycles. The largest absolute Gasteiger partial charge is 0.309 e. The van der Waals surface area contributed by atoms with Gasteiger partial charge in [-0.05, 0) is 92.7 Å². The first-order chi connectivity index (χ1) is 35.8. The summed E-state index contributed by atoms with van der Waals surface area (Å²) in [5, 5.41) is 9.59. The van der Waals surface area contributed by atoms with Crippen LogP contribution in [0.5, 0.6) is 0 Å². The standard InChI is InChI=1S/C68H42N4/c1-3-21-43(22-4-1)67(53-33-19-39-69-65(53)63-51-31-9-7-29-49(51)61(41-55(63)67)71-57-35-15-11-25-45(57)46-26-12-16-36-58(46)71)68(44-23-5-2-6-24-44)54-34-20-40-70-66(54)64-52-32-10-8-30-50(52)62(42-56(64)68)72-59-37-17-13-27-47(59)48-28-14-18-38-60(48)72/h1-42H. The smallest absolute Gasteiger partial charge is 0.0756 e. The summed E-state index contributed by atoms with van der Waals surface area (Å²) >= 11 is 0. The first kappa shape index (κ1) is 39.5. The monoisotopic (exact) mass is 914 g/mol. The van der Waals surface area contributed by atoms with Crippen molar-refractivity contribution in [1.82, 2.24) is 19.1 Å². The molecule has 0 radical (unpaired) electrons. The summed E-state index contributed by atoms with van der Waals surface area (Å²) in [6, 6.07) is 90.4. The number of aromatic nitrogens is 4. The number of pyridine rings is 2. The Balaban J connectivity index is 1.16. The minimum Gasteiger partial charge on any atom is -0.309 e.